The Morgan fingerprint density at radius 1 is 0.975 bits per heavy atom. The van der Waals surface area contributed by atoms with E-state index >= 15 is 0 Å². The van der Waals surface area contributed by atoms with E-state index < -0.39 is 39.2 Å². The first-order valence-corrected chi connectivity index (χ1v) is 14.3. The largest absolute Gasteiger partial charge is 0.463 e. The molecule has 1 aliphatic carbocycles. The van der Waals surface area contributed by atoms with E-state index in [-0.39, 0.29) is 24.5 Å². The molecule has 0 saturated heterocycles. The molecule has 2 unspecified atom stereocenters. The Labute approximate surface area is 232 Å². The monoisotopic (exact) mass is 567 g/mol. The maximum Gasteiger partial charge on any atom is 0.330 e. The van der Waals surface area contributed by atoms with Gasteiger partial charge in [-0.25, -0.2) is 22.4 Å². The van der Waals surface area contributed by atoms with Crippen molar-refractivity contribution in [2.45, 2.75) is 43.2 Å². The summed E-state index contributed by atoms with van der Waals surface area (Å²) in [5.74, 6) is -1.63. The molecule has 1 N–H and O–H groups in total. The van der Waals surface area contributed by atoms with Gasteiger partial charge in [0.1, 0.15) is 29.5 Å². The normalized spacial score (nSPS) is 18.9. The maximum atomic E-state index is 13.6. The van der Waals surface area contributed by atoms with Crippen LogP contribution in [-0.4, -0.2) is 32.5 Å². The van der Waals surface area contributed by atoms with Crippen LogP contribution in [0.2, 0.25) is 0 Å². The van der Waals surface area contributed by atoms with E-state index in [1.807, 2.05) is 18.2 Å². The smallest absolute Gasteiger partial charge is 0.330 e. The molecule has 2 atom stereocenters. The van der Waals surface area contributed by atoms with Gasteiger partial charge in [0.15, 0.2) is 0 Å². The fraction of sp³-hybridized carbons (Fsp3) is 0.267. The van der Waals surface area contributed by atoms with E-state index in [2.05, 4.69) is 4.72 Å². The second kappa shape index (κ2) is 12.9. The lowest BCUT2D eigenvalue weighted by atomic mass is 9.87. The van der Waals surface area contributed by atoms with Crippen LogP contribution in [0.25, 0.3) is 0 Å². The summed E-state index contributed by atoms with van der Waals surface area (Å²) in [5, 5.41) is 0. The van der Waals surface area contributed by atoms with Crippen LogP contribution in [0.1, 0.15) is 31.7 Å². The summed E-state index contributed by atoms with van der Waals surface area (Å²) in [5.41, 5.74) is -0.873. The zero-order chi connectivity index (χ0) is 28.6. The van der Waals surface area contributed by atoms with Crippen LogP contribution < -0.4 is 9.46 Å². The second-order valence-corrected chi connectivity index (χ2v) is 11.0. The van der Waals surface area contributed by atoms with Crippen LogP contribution in [0.15, 0.2) is 95.9 Å². The van der Waals surface area contributed by atoms with Gasteiger partial charge in [-0.3, -0.25) is 0 Å². The van der Waals surface area contributed by atoms with Gasteiger partial charge in [0.25, 0.3) is 0 Å². The first-order chi connectivity index (χ1) is 19.2. The van der Waals surface area contributed by atoms with Gasteiger partial charge in [-0.2, -0.15) is 4.72 Å². The molecule has 40 heavy (non-hydrogen) atoms. The van der Waals surface area contributed by atoms with E-state index in [1.54, 1.807) is 19.1 Å². The minimum Gasteiger partial charge on any atom is -0.463 e. The second-order valence-electron chi connectivity index (χ2n) is 9.28. The number of esters is 2. The van der Waals surface area contributed by atoms with E-state index in [0.29, 0.717) is 24.3 Å². The lowest BCUT2D eigenvalue weighted by Gasteiger charge is -2.32. The first kappa shape index (κ1) is 29.0. The van der Waals surface area contributed by atoms with Crippen LogP contribution in [0.5, 0.6) is 11.5 Å². The van der Waals surface area contributed by atoms with Crippen LogP contribution >= 0.6 is 0 Å². The highest BCUT2D eigenvalue weighted by atomic mass is 32.2. The highest BCUT2D eigenvalue weighted by molar-refractivity contribution is 7.89. The number of rotatable bonds is 11. The fourth-order valence-corrected chi connectivity index (χ4v) is 6.00. The summed E-state index contributed by atoms with van der Waals surface area (Å²) >= 11 is 0. The lowest BCUT2D eigenvalue weighted by Crippen LogP contribution is -2.57. The zero-order valence-corrected chi connectivity index (χ0v) is 22.7. The lowest BCUT2D eigenvalue weighted by molar-refractivity contribution is -0.153. The van der Waals surface area contributed by atoms with E-state index in [1.165, 1.54) is 60.7 Å². The molecule has 0 aromatic heterocycles. The number of benzene rings is 3. The third-order valence-electron chi connectivity index (χ3n) is 6.55. The van der Waals surface area contributed by atoms with Crippen molar-refractivity contribution in [1.29, 1.82) is 0 Å². The average Bonchev–Trinajstić information content (AvgIpc) is 3.35. The van der Waals surface area contributed by atoms with Crippen molar-refractivity contribution < 1.29 is 36.6 Å². The summed E-state index contributed by atoms with van der Waals surface area (Å²) in [6.45, 7) is 1.83. The molecule has 1 fully saturated rings. The Bertz CT molecular complexity index is 1440. The van der Waals surface area contributed by atoms with Gasteiger partial charge in [0, 0.05) is 12.0 Å². The molecule has 1 saturated carbocycles. The third-order valence-corrected chi connectivity index (χ3v) is 8.07. The maximum absolute atomic E-state index is 13.6. The van der Waals surface area contributed by atoms with Crippen molar-refractivity contribution in [2.24, 2.45) is 5.92 Å². The minimum atomic E-state index is -4.21. The van der Waals surface area contributed by atoms with Crippen LogP contribution in [0.4, 0.5) is 4.39 Å². The Hall–Kier alpha value is -4.02. The number of ether oxygens (including phenoxy) is 3. The van der Waals surface area contributed by atoms with Gasteiger partial charge >= 0.3 is 11.9 Å². The highest BCUT2D eigenvalue weighted by Crippen LogP contribution is 2.39. The molecule has 0 bridgehead atoms. The number of sulfonamides is 1. The van der Waals surface area contributed by atoms with E-state index in [9.17, 15) is 22.4 Å². The summed E-state index contributed by atoms with van der Waals surface area (Å²) in [6.07, 6.45) is 3.91. The Balaban J connectivity index is 1.58. The molecule has 0 aliphatic heterocycles. The molecule has 0 amide bonds. The van der Waals surface area contributed by atoms with Crippen molar-refractivity contribution >= 4 is 22.0 Å². The van der Waals surface area contributed by atoms with Gasteiger partial charge in [0.2, 0.25) is 10.0 Å². The van der Waals surface area contributed by atoms with Crippen LogP contribution in [-0.2, 0) is 35.7 Å². The van der Waals surface area contributed by atoms with Gasteiger partial charge < -0.3 is 14.2 Å². The van der Waals surface area contributed by atoms with Crippen molar-refractivity contribution in [1.82, 2.24) is 4.72 Å². The molecule has 210 valence electrons. The molecule has 8 nitrogen and oxygen atoms in total. The number of halogens is 1. The van der Waals surface area contributed by atoms with Crippen molar-refractivity contribution in [3.05, 3.63) is 102 Å². The van der Waals surface area contributed by atoms with Crippen molar-refractivity contribution in [3.8, 4) is 11.5 Å². The van der Waals surface area contributed by atoms with Gasteiger partial charge in [-0.1, -0.05) is 42.8 Å². The Morgan fingerprint density at radius 2 is 1.62 bits per heavy atom. The Morgan fingerprint density at radius 3 is 2.27 bits per heavy atom. The quantitative estimate of drug-likeness (QED) is 0.248. The number of hydrogen-bond acceptors (Lipinski definition) is 7. The van der Waals surface area contributed by atoms with Gasteiger partial charge in [0.05, 0.1) is 11.5 Å². The summed E-state index contributed by atoms with van der Waals surface area (Å²) < 4.78 is 59.1. The molecule has 0 heterocycles. The third kappa shape index (κ3) is 7.13. The molecule has 0 spiro atoms. The Kier molecular flexibility index (Phi) is 9.34. The predicted molar refractivity (Wildman–Crippen MR) is 145 cm³/mol. The number of carbonyl (C=O) groups excluding carboxylic acids is 2. The van der Waals surface area contributed by atoms with Crippen LogP contribution in [0.3, 0.4) is 0 Å². The molecular weight excluding hydrogens is 537 g/mol. The standard InChI is InChI=1S/C30H30FNO7S/c1-2-37-28(33)19-10-23-9-6-20-30(23,29(34)38-21-22-7-4-3-5-8-22)32-40(35,36)27-17-15-26(16-18-27)39-25-13-11-24(31)12-14-25/h3-5,7-8,10-19,23,32H,2,6,9,20-21H2,1H3. The fourth-order valence-electron chi connectivity index (χ4n) is 4.58. The topological polar surface area (TPSA) is 108 Å². The molecular formula is C30H30FNO7S. The molecule has 1 aliphatic rings. The van der Waals surface area contributed by atoms with Crippen molar-refractivity contribution in [3.63, 3.8) is 0 Å². The predicted octanol–water partition coefficient (Wildman–Crippen LogP) is 5.30. The average molecular weight is 568 g/mol. The molecule has 3 aromatic carbocycles. The summed E-state index contributed by atoms with van der Waals surface area (Å²) in [7, 11) is -4.21. The van der Waals surface area contributed by atoms with Crippen LogP contribution in [0, 0.1) is 11.7 Å². The van der Waals surface area contributed by atoms with E-state index in [0.717, 1.165) is 5.56 Å². The summed E-state index contributed by atoms with van der Waals surface area (Å²) in [6, 6.07) is 20.1. The molecule has 3 aromatic rings. The van der Waals surface area contributed by atoms with Gasteiger partial charge in [-0.15, -0.1) is 0 Å². The first-order valence-electron chi connectivity index (χ1n) is 12.9. The number of nitrogens with one attached hydrogen (secondary N) is 1. The number of carbonyl (C=O) groups is 2. The summed E-state index contributed by atoms with van der Waals surface area (Å²) in [4.78, 5) is 25.5. The van der Waals surface area contributed by atoms with E-state index in [4.69, 9.17) is 14.2 Å². The highest BCUT2D eigenvalue weighted by Gasteiger charge is 2.52. The molecule has 0 radical (unpaired) electrons. The SMILES string of the molecule is CCOC(=O)C=CC1CCCC1(NS(=O)(=O)c1ccc(Oc2ccc(F)cc2)cc1)C(=O)OCc1ccccc1. The molecule has 4 rings (SSSR count). The van der Waals surface area contributed by atoms with Crippen molar-refractivity contribution in [2.75, 3.05) is 6.61 Å². The zero-order valence-electron chi connectivity index (χ0n) is 21.9. The number of hydrogen-bond donors (Lipinski definition) is 1. The minimum absolute atomic E-state index is 0.0348. The molecule has 10 heteroatoms. The van der Waals surface area contributed by atoms with Gasteiger partial charge in [-0.05, 0) is 73.9 Å².